The minimum absolute atomic E-state index is 0.0337. The van der Waals surface area contributed by atoms with E-state index in [2.05, 4.69) is 5.10 Å². The molecule has 5 nitrogen and oxygen atoms in total. The van der Waals surface area contributed by atoms with E-state index in [0.29, 0.717) is 6.42 Å². The number of piperidine rings is 1. The van der Waals surface area contributed by atoms with Crippen molar-refractivity contribution in [2.45, 2.75) is 38.6 Å². The largest absolute Gasteiger partial charge is 0.396 e. The lowest BCUT2D eigenvalue weighted by atomic mass is 9.99. The van der Waals surface area contributed by atoms with Crippen LogP contribution in [0.3, 0.4) is 0 Å². The second-order valence-corrected chi connectivity index (χ2v) is 5.34. The van der Waals surface area contributed by atoms with Gasteiger partial charge in [0.25, 0.3) is 0 Å². The molecule has 1 unspecified atom stereocenters. The lowest BCUT2D eigenvalue weighted by Gasteiger charge is -2.34. The van der Waals surface area contributed by atoms with Crippen LogP contribution in [0.1, 0.15) is 36.9 Å². The molecule has 20 heavy (non-hydrogen) atoms. The van der Waals surface area contributed by atoms with Crippen molar-refractivity contribution in [3.63, 3.8) is 0 Å². The summed E-state index contributed by atoms with van der Waals surface area (Å²) >= 11 is 0. The molecule has 5 heteroatoms. The Morgan fingerprint density at radius 1 is 1.55 bits per heavy atom. The van der Waals surface area contributed by atoms with Crippen LogP contribution in [0.4, 0.5) is 0 Å². The summed E-state index contributed by atoms with van der Waals surface area (Å²) in [6.45, 7) is 2.91. The number of hydrogen-bond acceptors (Lipinski definition) is 3. The highest BCUT2D eigenvalue weighted by atomic mass is 16.3. The molecule has 1 aromatic heterocycles. The lowest BCUT2D eigenvalue weighted by molar-refractivity contribution is -0.129. The van der Waals surface area contributed by atoms with E-state index < -0.39 is 0 Å². The number of aromatic nitrogens is 2. The van der Waals surface area contributed by atoms with Crippen LogP contribution in [0.5, 0.6) is 0 Å². The van der Waals surface area contributed by atoms with Gasteiger partial charge in [-0.05, 0) is 38.7 Å². The Labute approximate surface area is 119 Å². The van der Waals surface area contributed by atoms with E-state index >= 15 is 0 Å². The van der Waals surface area contributed by atoms with Gasteiger partial charge in [-0.15, -0.1) is 0 Å². The first-order chi connectivity index (χ1) is 9.63. The third kappa shape index (κ3) is 3.28. The second kappa shape index (κ2) is 6.70. The van der Waals surface area contributed by atoms with Gasteiger partial charge >= 0.3 is 0 Å². The van der Waals surface area contributed by atoms with E-state index in [9.17, 15) is 4.79 Å². The number of amides is 1. The minimum Gasteiger partial charge on any atom is -0.396 e. The van der Waals surface area contributed by atoms with Gasteiger partial charge in [0.05, 0.1) is 6.20 Å². The number of likely N-dealkylation sites (tertiary alicyclic amines) is 1. The van der Waals surface area contributed by atoms with Crippen molar-refractivity contribution in [1.82, 2.24) is 14.7 Å². The van der Waals surface area contributed by atoms with Crippen molar-refractivity contribution >= 4 is 12.0 Å². The summed E-state index contributed by atoms with van der Waals surface area (Å²) in [5.74, 6) is 0.0337. The molecule has 0 bridgehead atoms. The minimum atomic E-state index is 0.0337. The number of aryl methyl sites for hydroxylation is 1. The third-order valence-electron chi connectivity index (χ3n) is 4.05. The Balaban J connectivity index is 2.04. The molecule has 0 spiro atoms. The smallest absolute Gasteiger partial charge is 0.246 e. The van der Waals surface area contributed by atoms with E-state index in [1.54, 1.807) is 17.0 Å². The molecule has 2 rings (SSSR count). The molecule has 0 saturated carbocycles. The van der Waals surface area contributed by atoms with Crippen LogP contribution in [0.25, 0.3) is 6.08 Å². The average molecular weight is 277 g/mol. The van der Waals surface area contributed by atoms with Gasteiger partial charge in [-0.25, -0.2) is 0 Å². The maximum atomic E-state index is 12.3. The second-order valence-electron chi connectivity index (χ2n) is 5.34. The summed E-state index contributed by atoms with van der Waals surface area (Å²) in [4.78, 5) is 14.2. The van der Waals surface area contributed by atoms with E-state index in [-0.39, 0.29) is 18.6 Å². The number of carbonyl (C=O) groups is 1. The molecule has 1 aliphatic rings. The molecule has 110 valence electrons. The Bertz CT molecular complexity index is 491. The maximum Gasteiger partial charge on any atom is 0.246 e. The number of carbonyl (C=O) groups excluding carboxylic acids is 1. The predicted molar refractivity (Wildman–Crippen MR) is 78.0 cm³/mol. The van der Waals surface area contributed by atoms with Crippen LogP contribution in [-0.2, 0) is 11.8 Å². The number of rotatable bonds is 4. The molecule has 1 aromatic rings. The third-order valence-corrected chi connectivity index (χ3v) is 4.05. The van der Waals surface area contributed by atoms with Crippen molar-refractivity contribution in [2.24, 2.45) is 7.05 Å². The van der Waals surface area contributed by atoms with Gasteiger partial charge in [0.1, 0.15) is 0 Å². The van der Waals surface area contributed by atoms with E-state index in [1.807, 2.05) is 24.9 Å². The van der Waals surface area contributed by atoms with Gasteiger partial charge < -0.3 is 10.0 Å². The van der Waals surface area contributed by atoms with Crippen molar-refractivity contribution < 1.29 is 9.90 Å². The first-order valence-corrected chi connectivity index (χ1v) is 7.21. The van der Waals surface area contributed by atoms with E-state index in [4.69, 9.17) is 5.11 Å². The number of hydrogen-bond donors (Lipinski definition) is 1. The number of aliphatic hydroxyl groups excluding tert-OH is 1. The Kier molecular flexibility index (Phi) is 4.95. The monoisotopic (exact) mass is 277 g/mol. The highest BCUT2D eigenvalue weighted by Crippen LogP contribution is 2.20. The van der Waals surface area contributed by atoms with Crippen LogP contribution < -0.4 is 0 Å². The van der Waals surface area contributed by atoms with Gasteiger partial charge in [-0.3, -0.25) is 9.48 Å². The molecule has 1 N–H and O–H groups in total. The average Bonchev–Trinajstić information content (AvgIpc) is 2.77. The molecular formula is C15H23N3O2. The summed E-state index contributed by atoms with van der Waals surface area (Å²) in [6, 6.07) is 0.181. The summed E-state index contributed by atoms with van der Waals surface area (Å²) in [5.41, 5.74) is 2.01. The Hall–Kier alpha value is -1.62. The molecular weight excluding hydrogens is 254 g/mol. The molecule has 0 aliphatic carbocycles. The zero-order valence-electron chi connectivity index (χ0n) is 12.2. The molecule has 0 radical (unpaired) electrons. The standard InChI is InChI=1S/C15H23N3O2/c1-12-13(11-16-17(12)2)6-7-15(20)18-9-4-3-5-14(18)8-10-19/h6-7,11,14,19H,3-5,8-10H2,1-2H3/b7-6+. The zero-order chi connectivity index (χ0) is 14.5. The van der Waals surface area contributed by atoms with Gasteiger partial charge in [-0.2, -0.15) is 5.10 Å². The van der Waals surface area contributed by atoms with Crippen molar-refractivity contribution in [2.75, 3.05) is 13.2 Å². The van der Waals surface area contributed by atoms with Crippen LogP contribution in [-0.4, -0.2) is 44.9 Å². The van der Waals surface area contributed by atoms with E-state index in [0.717, 1.165) is 37.1 Å². The lowest BCUT2D eigenvalue weighted by Crippen LogP contribution is -2.43. The Morgan fingerprint density at radius 3 is 3.00 bits per heavy atom. The maximum absolute atomic E-state index is 12.3. The Morgan fingerprint density at radius 2 is 2.35 bits per heavy atom. The molecule has 1 fully saturated rings. The van der Waals surface area contributed by atoms with Crippen LogP contribution >= 0.6 is 0 Å². The highest BCUT2D eigenvalue weighted by molar-refractivity contribution is 5.92. The fourth-order valence-corrected chi connectivity index (χ4v) is 2.68. The summed E-state index contributed by atoms with van der Waals surface area (Å²) in [6.07, 6.45) is 9.07. The molecule has 1 atom stereocenters. The fourth-order valence-electron chi connectivity index (χ4n) is 2.68. The molecule has 1 aliphatic heterocycles. The highest BCUT2D eigenvalue weighted by Gasteiger charge is 2.24. The molecule has 1 amide bonds. The fraction of sp³-hybridized carbons (Fsp3) is 0.600. The number of aliphatic hydroxyl groups is 1. The number of nitrogens with zero attached hydrogens (tertiary/aromatic N) is 3. The summed E-state index contributed by atoms with van der Waals surface area (Å²) in [5, 5.41) is 13.3. The van der Waals surface area contributed by atoms with Crippen LogP contribution in [0.15, 0.2) is 12.3 Å². The SMILES string of the molecule is Cc1c(/C=C/C(=O)N2CCCCC2CCO)cnn1C. The predicted octanol–water partition coefficient (Wildman–Crippen LogP) is 1.51. The van der Waals surface area contributed by atoms with Gasteiger partial charge in [0.2, 0.25) is 5.91 Å². The molecule has 2 heterocycles. The first kappa shape index (κ1) is 14.8. The molecule has 1 saturated heterocycles. The summed E-state index contributed by atoms with van der Waals surface area (Å²) in [7, 11) is 1.89. The summed E-state index contributed by atoms with van der Waals surface area (Å²) < 4.78 is 1.79. The van der Waals surface area contributed by atoms with Gasteiger partial charge in [0, 0.05) is 43.6 Å². The zero-order valence-corrected chi connectivity index (χ0v) is 12.2. The topological polar surface area (TPSA) is 58.4 Å². The van der Waals surface area contributed by atoms with Gasteiger partial charge in [0.15, 0.2) is 0 Å². The van der Waals surface area contributed by atoms with Crippen molar-refractivity contribution in [3.8, 4) is 0 Å². The van der Waals surface area contributed by atoms with Crippen molar-refractivity contribution in [3.05, 3.63) is 23.5 Å². The first-order valence-electron chi connectivity index (χ1n) is 7.21. The molecule has 0 aromatic carbocycles. The van der Waals surface area contributed by atoms with Gasteiger partial charge in [-0.1, -0.05) is 0 Å². The van der Waals surface area contributed by atoms with Crippen LogP contribution in [0.2, 0.25) is 0 Å². The quantitative estimate of drug-likeness (QED) is 0.849. The van der Waals surface area contributed by atoms with Crippen molar-refractivity contribution in [1.29, 1.82) is 0 Å². The van der Waals surface area contributed by atoms with Crippen LogP contribution in [0, 0.1) is 6.92 Å². The van der Waals surface area contributed by atoms with E-state index in [1.165, 1.54) is 0 Å². The normalized spacial score (nSPS) is 19.8.